The molecule has 6 unspecified atom stereocenters. The highest BCUT2D eigenvalue weighted by molar-refractivity contribution is 6.37. The molecule has 0 aromatic rings. The van der Waals surface area contributed by atoms with Gasteiger partial charge in [0.2, 0.25) is 5.79 Å². The average molecular weight is 284 g/mol. The Hall–Kier alpha value is -1.27. The van der Waals surface area contributed by atoms with Crippen LogP contribution < -0.4 is 16.8 Å². The van der Waals surface area contributed by atoms with Crippen LogP contribution in [0.4, 0.5) is 0 Å². The summed E-state index contributed by atoms with van der Waals surface area (Å²) in [7, 11) is 0. The van der Waals surface area contributed by atoms with Gasteiger partial charge in [-0.25, -0.2) is 15.3 Å². The maximum Gasteiger partial charge on any atom is 0.212 e. The summed E-state index contributed by atoms with van der Waals surface area (Å²) in [6.45, 7) is -0.180. The highest BCUT2D eigenvalue weighted by Gasteiger charge is 2.53. The summed E-state index contributed by atoms with van der Waals surface area (Å²) >= 11 is 0. The second kappa shape index (κ2) is 4.36. The molecular weight excluding hydrogens is 268 g/mol. The Labute approximate surface area is 113 Å². The lowest BCUT2D eigenvalue weighted by Gasteiger charge is -2.46. The molecule has 0 spiro atoms. The number of nitrogens with two attached hydrogens (primary N) is 2. The predicted molar refractivity (Wildman–Crippen MR) is 69.2 cm³/mol. The van der Waals surface area contributed by atoms with Crippen LogP contribution in [0.1, 0.15) is 0 Å². The molecule has 6 atom stereocenters. The van der Waals surface area contributed by atoms with E-state index in [0.717, 1.165) is 0 Å². The number of hydrogen-bond acceptors (Lipinski definition) is 10. The first-order chi connectivity index (χ1) is 9.36. The first-order valence-corrected chi connectivity index (χ1v) is 6.06. The lowest BCUT2D eigenvalue weighted by atomic mass is 9.94. The van der Waals surface area contributed by atoms with Crippen LogP contribution in [0.25, 0.3) is 0 Å². The highest BCUT2D eigenvalue weighted by Crippen LogP contribution is 2.27. The van der Waals surface area contributed by atoms with Crippen LogP contribution >= 0.6 is 0 Å². The van der Waals surface area contributed by atoms with Crippen molar-refractivity contribution in [2.75, 3.05) is 6.61 Å². The van der Waals surface area contributed by atoms with Gasteiger partial charge in [-0.05, 0) is 0 Å². The average Bonchev–Trinajstić information content (AvgIpc) is 2.75. The minimum absolute atomic E-state index is 0.180. The summed E-state index contributed by atoms with van der Waals surface area (Å²) in [4.78, 5) is 11.9. The molecule has 10 heteroatoms. The fraction of sp³-hybridized carbons (Fsp3) is 0.700. The second-order valence-electron chi connectivity index (χ2n) is 5.04. The lowest BCUT2D eigenvalue weighted by Crippen LogP contribution is -2.78. The van der Waals surface area contributed by atoms with E-state index in [4.69, 9.17) is 16.2 Å². The van der Waals surface area contributed by atoms with E-state index in [1.807, 2.05) is 0 Å². The molecule has 0 radical (unpaired) electrons. The summed E-state index contributed by atoms with van der Waals surface area (Å²) in [5.74, 6) is -2.95. The van der Waals surface area contributed by atoms with E-state index in [2.05, 4.69) is 20.3 Å². The van der Waals surface area contributed by atoms with Crippen molar-refractivity contribution in [1.82, 2.24) is 5.32 Å². The molecule has 20 heavy (non-hydrogen) atoms. The van der Waals surface area contributed by atoms with Crippen LogP contribution in [-0.4, -0.2) is 76.2 Å². The summed E-state index contributed by atoms with van der Waals surface area (Å²) in [6, 6.07) is 0. The van der Waals surface area contributed by atoms with Gasteiger partial charge in [0.1, 0.15) is 36.5 Å². The zero-order chi connectivity index (χ0) is 14.5. The SMILES string of the molecule is NC12N=CN=C1C=NC(N)(C1OCC(O)C(O)C1O)N2. The van der Waals surface area contributed by atoms with E-state index >= 15 is 0 Å². The molecule has 1 saturated heterocycles. The van der Waals surface area contributed by atoms with Crippen LogP contribution in [0.3, 0.4) is 0 Å². The summed E-state index contributed by atoms with van der Waals surface area (Å²) < 4.78 is 5.30. The predicted octanol–water partition coefficient (Wildman–Crippen LogP) is -4.15. The van der Waals surface area contributed by atoms with Crippen molar-refractivity contribution in [2.24, 2.45) is 26.4 Å². The number of fused-ring (bicyclic) bond motifs is 1. The third-order valence-corrected chi connectivity index (χ3v) is 3.57. The van der Waals surface area contributed by atoms with Crippen molar-refractivity contribution in [2.45, 2.75) is 36.0 Å². The van der Waals surface area contributed by atoms with Crippen LogP contribution in [0.15, 0.2) is 15.0 Å². The Morgan fingerprint density at radius 1 is 1.25 bits per heavy atom. The maximum atomic E-state index is 10.0. The quantitative estimate of drug-likeness (QED) is 0.283. The van der Waals surface area contributed by atoms with Gasteiger partial charge < -0.3 is 20.1 Å². The Morgan fingerprint density at radius 2 is 2.00 bits per heavy atom. The molecule has 0 aromatic heterocycles. The van der Waals surface area contributed by atoms with Gasteiger partial charge in [-0.15, -0.1) is 0 Å². The number of rotatable bonds is 1. The van der Waals surface area contributed by atoms with Gasteiger partial charge >= 0.3 is 0 Å². The van der Waals surface area contributed by atoms with E-state index < -0.39 is 36.0 Å². The molecule has 0 amide bonds. The number of nitrogens with zero attached hydrogens (tertiary/aromatic N) is 3. The van der Waals surface area contributed by atoms with Gasteiger partial charge in [-0.1, -0.05) is 0 Å². The second-order valence-corrected chi connectivity index (χ2v) is 5.04. The fourth-order valence-corrected chi connectivity index (χ4v) is 2.42. The van der Waals surface area contributed by atoms with E-state index in [-0.39, 0.29) is 6.61 Å². The fourth-order valence-electron chi connectivity index (χ4n) is 2.42. The van der Waals surface area contributed by atoms with E-state index in [1.165, 1.54) is 12.6 Å². The van der Waals surface area contributed by atoms with Crippen molar-refractivity contribution >= 4 is 18.3 Å². The van der Waals surface area contributed by atoms with Gasteiger partial charge in [0, 0.05) is 0 Å². The number of hydrogen-bond donors (Lipinski definition) is 6. The summed E-state index contributed by atoms with van der Waals surface area (Å²) in [5.41, 5.74) is 12.5. The molecule has 110 valence electrons. The summed E-state index contributed by atoms with van der Waals surface area (Å²) in [5, 5.41) is 31.9. The van der Waals surface area contributed by atoms with Crippen molar-refractivity contribution < 1.29 is 20.1 Å². The molecule has 10 nitrogen and oxygen atoms in total. The van der Waals surface area contributed by atoms with Crippen molar-refractivity contribution in [3.8, 4) is 0 Å². The minimum Gasteiger partial charge on any atom is -0.388 e. The minimum atomic E-state index is -1.60. The molecule has 0 saturated carbocycles. The van der Waals surface area contributed by atoms with Crippen molar-refractivity contribution in [1.29, 1.82) is 0 Å². The molecule has 0 bridgehead atoms. The number of nitrogens with one attached hydrogen (secondary N) is 1. The molecular formula is C10H16N6O4. The van der Waals surface area contributed by atoms with Crippen LogP contribution in [0.2, 0.25) is 0 Å². The standard InChI is InChI=1S/C10H16N6O4/c11-9-5(13-3-15-9)1-14-10(12,16-9)8-7(19)6(18)4(17)2-20-8/h1,3-4,6-8,16-19H,2,11-12H2. The third-order valence-electron chi connectivity index (χ3n) is 3.57. The first kappa shape index (κ1) is 13.7. The number of aliphatic imine (C=N–C) groups is 3. The molecule has 0 aliphatic carbocycles. The summed E-state index contributed by atoms with van der Waals surface area (Å²) in [6.07, 6.45) is -2.49. The molecule has 0 aromatic carbocycles. The van der Waals surface area contributed by atoms with E-state index in [0.29, 0.717) is 5.71 Å². The maximum absolute atomic E-state index is 10.0. The Kier molecular flexibility index (Phi) is 2.99. The van der Waals surface area contributed by atoms with Crippen LogP contribution in [-0.2, 0) is 4.74 Å². The molecule has 8 N–H and O–H groups in total. The van der Waals surface area contributed by atoms with Gasteiger partial charge in [0.05, 0.1) is 12.8 Å². The Morgan fingerprint density at radius 3 is 2.75 bits per heavy atom. The lowest BCUT2D eigenvalue weighted by molar-refractivity contribution is -0.208. The monoisotopic (exact) mass is 284 g/mol. The number of aliphatic hydroxyl groups is 3. The molecule has 3 heterocycles. The van der Waals surface area contributed by atoms with Gasteiger partial charge in [0.25, 0.3) is 0 Å². The smallest absolute Gasteiger partial charge is 0.212 e. The normalized spacial score (nSPS) is 51.0. The highest BCUT2D eigenvalue weighted by atomic mass is 16.5. The molecule has 1 fully saturated rings. The zero-order valence-corrected chi connectivity index (χ0v) is 10.4. The van der Waals surface area contributed by atoms with Crippen LogP contribution in [0, 0.1) is 0 Å². The van der Waals surface area contributed by atoms with Crippen LogP contribution in [0.5, 0.6) is 0 Å². The van der Waals surface area contributed by atoms with Gasteiger partial charge in [-0.2, -0.15) is 0 Å². The van der Waals surface area contributed by atoms with Gasteiger partial charge in [0.15, 0.2) is 5.79 Å². The molecule has 3 aliphatic rings. The largest absolute Gasteiger partial charge is 0.388 e. The Bertz CT molecular complexity index is 510. The zero-order valence-electron chi connectivity index (χ0n) is 10.4. The van der Waals surface area contributed by atoms with Crippen molar-refractivity contribution in [3.05, 3.63) is 0 Å². The van der Waals surface area contributed by atoms with E-state index in [1.54, 1.807) is 0 Å². The molecule has 3 aliphatic heterocycles. The topological polar surface area (TPSA) is 171 Å². The van der Waals surface area contributed by atoms with E-state index in [9.17, 15) is 15.3 Å². The van der Waals surface area contributed by atoms with Crippen molar-refractivity contribution in [3.63, 3.8) is 0 Å². The number of ether oxygens (including phenoxy) is 1. The first-order valence-electron chi connectivity index (χ1n) is 6.06. The Balaban J connectivity index is 1.88. The third kappa shape index (κ3) is 1.90. The van der Waals surface area contributed by atoms with Gasteiger partial charge in [-0.3, -0.25) is 16.5 Å². The molecule has 3 rings (SSSR count). The number of aliphatic hydroxyl groups excluding tert-OH is 3.